The molecule has 0 radical (unpaired) electrons. The van der Waals surface area contributed by atoms with Crippen LogP contribution in [0.2, 0.25) is 20.1 Å². The van der Waals surface area contributed by atoms with Crippen molar-refractivity contribution in [1.82, 2.24) is 9.97 Å². The average Bonchev–Trinajstić information content (AvgIpc) is 3.20. The second-order valence-corrected chi connectivity index (χ2v) is 18.6. The third kappa shape index (κ3) is 13.4. The van der Waals surface area contributed by atoms with Crippen molar-refractivity contribution in [1.29, 1.82) is 0 Å². The topological polar surface area (TPSA) is 221 Å². The number of nitro groups is 1. The van der Waals surface area contributed by atoms with Gasteiger partial charge in [0.05, 0.1) is 57.3 Å². The maximum Gasteiger partial charge on any atom is 0.417 e. The van der Waals surface area contributed by atoms with Crippen molar-refractivity contribution in [2.45, 2.75) is 36.0 Å². The van der Waals surface area contributed by atoms with Gasteiger partial charge >= 0.3 is 12.4 Å². The van der Waals surface area contributed by atoms with E-state index in [0.717, 1.165) is 42.5 Å². The normalized spacial score (nSPS) is 11.5. The van der Waals surface area contributed by atoms with Gasteiger partial charge in [0.15, 0.2) is 0 Å². The molecule has 6 rings (SSSR count). The molecule has 14 nitrogen and oxygen atoms in total. The van der Waals surface area contributed by atoms with Crippen molar-refractivity contribution in [3.8, 4) is 0 Å². The van der Waals surface area contributed by atoms with E-state index in [2.05, 4.69) is 19.4 Å². The summed E-state index contributed by atoms with van der Waals surface area (Å²) in [6.45, 7) is 3.13. The number of benzene rings is 4. The molecule has 2 aromatic heterocycles. The van der Waals surface area contributed by atoms with Crippen LogP contribution in [0.15, 0.2) is 107 Å². The summed E-state index contributed by atoms with van der Waals surface area (Å²) < 4.78 is 134. The van der Waals surface area contributed by atoms with Gasteiger partial charge in [0.2, 0.25) is 11.6 Å². The summed E-state index contributed by atoms with van der Waals surface area (Å²) in [4.78, 5) is 42.8. The van der Waals surface area contributed by atoms with Gasteiger partial charge in [-0.05, 0) is 97.8 Å². The number of nitro benzene ring substituents is 1. The van der Waals surface area contributed by atoms with E-state index in [1.54, 1.807) is 6.92 Å². The number of halogens is 10. The Morgan fingerprint density at radius 1 is 0.618 bits per heavy atom. The summed E-state index contributed by atoms with van der Waals surface area (Å²) in [6, 6.07) is 14.0. The quantitative estimate of drug-likeness (QED) is 0.0211. The Hall–Kier alpha value is -5.52. The van der Waals surface area contributed by atoms with E-state index in [9.17, 15) is 62.9 Å². The Kier molecular flexibility index (Phi) is 18.2. The molecular weight excluding hydrogens is 1080 g/mol. The molecule has 0 fully saturated rings. The zero-order chi connectivity index (χ0) is 49.3. The van der Waals surface area contributed by atoms with E-state index in [4.69, 9.17) is 52.1 Å². The monoisotopic (exact) mass is 1110 g/mol. The number of nitrogens with one attached hydrogen (secondary N) is 2. The van der Waals surface area contributed by atoms with Crippen LogP contribution in [-0.2, 0) is 49.5 Å². The van der Waals surface area contributed by atoms with Crippen molar-refractivity contribution >= 4 is 101 Å². The largest absolute Gasteiger partial charge is 0.417 e. The molecule has 0 aliphatic heterocycles. The first-order valence-corrected chi connectivity index (χ1v) is 22.3. The van der Waals surface area contributed by atoms with Crippen molar-refractivity contribution in [2.75, 3.05) is 15.2 Å². The van der Waals surface area contributed by atoms with Gasteiger partial charge in [0, 0.05) is 58.4 Å². The predicted molar refractivity (Wildman–Crippen MR) is 240 cm³/mol. The molecule has 362 valence electrons. The number of rotatable bonds is 11. The molecule has 0 bridgehead atoms. The molecule has 0 atom stereocenters. The number of aromatic nitrogens is 2. The minimum atomic E-state index is -4.91. The summed E-state index contributed by atoms with van der Waals surface area (Å²) >= 11 is 23.2. The SMILES string of the molecule is Cc1cnc(C(=O)c2cc(N)ccc2Cl)c(NS(=O)(=O)c2ccc(Cl)c(C(F)(F)F)c2)c1.Cc1cnc(C(=O)c2cc([N+](=O)[O-])ccc2Cl)c(NS(=O)(=O)c2ccc(Cl)c(C(F)(F)F)c2)c1.[CH3-].[Fe]. The molecule has 0 amide bonds. The van der Waals surface area contributed by atoms with Gasteiger partial charge in [-0.1, -0.05) is 46.4 Å². The zero-order valence-corrected chi connectivity index (χ0v) is 40.1. The summed E-state index contributed by atoms with van der Waals surface area (Å²) in [6.07, 6.45) is -7.21. The molecule has 0 saturated carbocycles. The van der Waals surface area contributed by atoms with Crippen LogP contribution in [0.1, 0.15) is 54.4 Å². The Balaban J connectivity index is 0.000000351. The Bertz CT molecular complexity index is 3190. The van der Waals surface area contributed by atoms with Crippen molar-refractivity contribution < 1.29 is 74.8 Å². The molecule has 2 heterocycles. The van der Waals surface area contributed by atoms with Crippen LogP contribution in [0.25, 0.3) is 0 Å². The molecule has 68 heavy (non-hydrogen) atoms. The van der Waals surface area contributed by atoms with Crippen LogP contribution in [0.5, 0.6) is 0 Å². The van der Waals surface area contributed by atoms with Gasteiger partial charge in [0.1, 0.15) is 11.4 Å². The maximum atomic E-state index is 13.2. The molecule has 4 N–H and O–H groups in total. The average molecular weight is 1110 g/mol. The summed E-state index contributed by atoms with van der Waals surface area (Å²) in [5, 5.41) is 9.62. The van der Waals surface area contributed by atoms with Crippen LogP contribution in [0, 0.1) is 31.4 Å². The number of nitrogen functional groups attached to an aromatic ring is 1. The number of hydrogen-bond acceptors (Lipinski definition) is 11. The summed E-state index contributed by atoms with van der Waals surface area (Å²) in [5.74, 6) is -1.68. The smallest absolute Gasteiger partial charge is 0.399 e. The molecule has 27 heteroatoms. The van der Waals surface area contributed by atoms with Gasteiger partial charge in [-0.2, -0.15) is 26.3 Å². The van der Waals surface area contributed by atoms with E-state index in [1.165, 1.54) is 49.6 Å². The molecule has 0 aliphatic carbocycles. The van der Waals surface area contributed by atoms with Gasteiger partial charge in [-0.15, -0.1) is 0 Å². The van der Waals surface area contributed by atoms with Crippen LogP contribution in [0.4, 0.5) is 49.1 Å². The molecule has 0 unspecified atom stereocenters. The molecule has 4 aromatic carbocycles. The molecule has 0 aliphatic rings. The van der Waals surface area contributed by atoms with Gasteiger partial charge in [-0.25, -0.2) is 16.8 Å². The summed E-state index contributed by atoms with van der Waals surface area (Å²) in [7, 11) is -9.19. The van der Waals surface area contributed by atoms with Crippen LogP contribution in [-0.4, -0.2) is 43.3 Å². The number of ketones is 2. The van der Waals surface area contributed by atoms with Crippen molar-refractivity contribution in [2.24, 2.45) is 0 Å². The van der Waals surface area contributed by atoms with E-state index < -0.39 is 91.2 Å². The fourth-order valence-electron chi connectivity index (χ4n) is 5.61. The van der Waals surface area contributed by atoms with Crippen molar-refractivity contribution in [3.05, 3.63) is 180 Å². The number of pyridine rings is 2. The first-order chi connectivity index (χ1) is 30.5. The number of carbonyl (C=O) groups is 2. The Morgan fingerprint density at radius 2 is 0.985 bits per heavy atom. The number of non-ortho nitro benzene ring substituents is 1. The number of nitrogens with two attached hydrogens (primary N) is 1. The van der Waals surface area contributed by atoms with Gasteiger partial charge < -0.3 is 13.2 Å². The standard InChI is InChI=1S/C20H12Cl2F3N3O5S.C20H14Cl2F3N3O3S.CH3.Fe/c1-10-6-17(27-34(32,33)12-3-5-16(22)14(8-12)20(23,24)25)18(26-9-10)19(29)13-7-11(28(30)31)2-4-15(13)21;1-10-6-17(18(27-9-10)19(29)13-7-11(26)2-4-15(13)21)28-32(30,31)12-3-5-16(22)14(8-12)20(23,24)25;;/h2-9,27H,1H3;2-9,28H,26H2,1H3;1H3;/q;;-1;. The number of sulfonamides is 2. The maximum absolute atomic E-state index is 13.2. The van der Waals surface area contributed by atoms with Gasteiger partial charge in [-0.3, -0.25) is 39.1 Å². The number of hydrogen-bond donors (Lipinski definition) is 3. The molecular formula is C41H29Cl4F6FeN6O8S2-. The van der Waals surface area contributed by atoms with E-state index >= 15 is 0 Å². The zero-order valence-electron chi connectivity index (χ0n) is 34.4. The first-order valence-electron chi connectivity index (χ1n) is 17.8. The van der Waals surface area contributed by atoms with E-state index in [1.807, 2.05) is 0 Å². The summed E-state index contributed by atoms with van der Waals surface area (Å²) in [5.41, 5.74) is 2.00. The Labute approximate surface area is 413 Å². The first kappa shape index (κ1) is 56.8. The molecule has 0 spiro atoms. The van der Waals surface area contributed by atoms with E-state index in [-0.39, 0.29) is 68.4 Å². The second kappa shape index (κ2) is 21.8. The minimum absolute atomic E-state index is 0. The van der Waals surface area contributed by atoms with Gasteiger partial charge in [0.25, 0.3) is 25.7 Å². The minimum Gasteiger partial charge on any atom is -0.399 e. The fourth-order valence-corrected chi connectivity index (χ4v) is 8.64. The van der Waals surface area contributed by atoms with Crippen molar-refractivity contribution in [3.63, 3.8) is 0 Å². The number of alkyl halides is 6. The predicted octanol–water partition coefficient (Wildman–Crippen LogP) is 11.4. The van der Waals surface area contributed by atoms with Crippen LogP contribution < -0.4 is 15.2 Å². The third-order valence-electron chi connectivity index (χ3n) is 8.72. The molecule has 6 aromatic rings. The third-order valence-corrected chi connectivity index (χ3v) is 12.8. The number of aryl methyl sites for hydroxylation is 2. The molecule has 0 saturated heterocycles. The fraction of sp³-hybridized carbons (Fsp3) is 0.0976. The number of anilines is 3. The number of nitrogens with zero attached hydrogens (tertiary/aromatic N) is 3. The van der Waals surface area contributed by atoms with E-state index in [0.29, 0.717) is 23.3 Å². The Morgan fingerprint density at radius 3 is 1.37 bits per heavy atom. The van der Waals surface area contributed by atoms with Crippen LogP contribution in [0.3, 0.4) is 0 Å². The second-order valence-electron chi connectivity index (χ2n) is 13.6. The van der Waals surface area contributed by atoms with Crippen LogP contribution >= 0.6 is 46.4 Å². The number of carbonyl (C=O) groups excluding carboxylic acids is 2.